The molecule has 3 heterocycles. The van der Waals surface area contributed by atoms with Gasteiger partial charge in [0.25, 0.3) is 11.8 Å². The Balaban J connectivity index is 1.27. The third kappa shape index (κ3) is 4.50. The van der Waals surface area contributed by atoms with Crippen LogP contribution in [0.2, 0.25) is 0 Å². The number of hydrogen-bond acceptors (Lipinski definition) is 3. The molecule has 0 aliphatic carbocycles. The highest BCUT2D eigenvalue weighted by atomic mass is 16.2. The number of fused-ring (bicyclic) bond motifs is 1. The summed E-state index contributed by atoms with van der Waals surface area (Å²) in [7, 11) is 0. The van der Waals surface area contributed by atoms with Gasteiger partial charge in [0.2, 0.25) is 0 Å². The molecule has 2 aromatic rings. The third-order valence-corrected chi connectivity index (χ3v) is 7.79. The number of hydrogen-bond donors (Lipinski definition) is 0. The number of nitrogens with zero attached hydrogens (tertiary/aromatic N) is 3. The van der Waals surface area contributed by atoms with Crippen LogP contribution in [-0.4, -0.2) is 58.9 Å². The summed E-state index contributed by atoms with van der Waals surface area (Å²) in [5, 5.41) is 0. The van der Waals surface area contributed by atoms with Gasteiger partial charge in [-0.2, -0.15) is 0 Å². The number of benzene rings is 2. The number of carbonyl (C=O) groups excluding carboxylic acids is 2. The highest BCUT2D eigenvalue weighted by molar-refractivity contribution is 5.95. The van der Waals surface area contributed by atoms with Crippen molar-refractivity contribution in [3.63, 3.8) is 0 Å². The summed E-state index contributed by atoms with van der Waals surface area (Å²) in [5.41, 5.74) is 5.20. The monoisotopic (exact) mass is 459 g/mol. The zero-order valence-corrected chi connectivity index (χ0v) is 20.8. The summed E-state index contributed by atoms with van der Waals surface area (Å²) in [5.74, 6) is 0.242. The molecule has 0 bridgehead atoms. The van der Waals surface area contributed by atoms with E-state index in [9.17, 15) is 9.59 Å². The van der Waals surface area contributed by atoms with Crippen molar-refractivity contribution in [2.24, 2.45) is 0 Å². The van der Waals surface area contributed by atoms with Crippen LogP contribution >= 0.6 is 0 Å². The molecule has 5 rings (SSSR count). The van der Waals surface area contributed by atoms with Crippen molar-refractivity contribution in [3.05, 3.63) is 70.3 Å². The lowest BCUT2D eigenvalue weighted by atomic mass is 9.86. The summed E-state index contributed by atoms with van der Waals surface area (Å²) in [6, 6.07) is 14.1. The average Bonchev–Trinajstić information content (AvgIpc) is 3.54. The molecule has 2 fully saturated rings. The molecule has 5 nitrogen and oxygen atoms in total. The van der Waals surface area contributed by atoms with E-state index in [1.807, 2.05) is 23.1 Å². The molecule has 0 radical (unpaired) electrons. The topological polar surface area (TPSA) is 43.9 Å². The number of rotatable bonds is 3. The third-order valence-electron chi connectivity index (χ3n) is 7.79. The zero-order valence-electron chi connectivity index (χ0n) is 20.8. The molecular weight excluding hydrogens is 422 g/mol. The molecule has 0 N–H and O–H groups in total. The summed E-state index contributed by atoms with van der Waals surface area (Å²) in [4.78, 5) is 33.0. The van der Waals surface area contributed by atoms with E-state index in [2.05, 4.69) is 54.8 Å². The van der Waals surface area contributed by atoms with E-state index in [4.69, 9.17) is 0 Å². The molecule has 5 heteroatoms. The van der Waals surface area contributed by atoms with Crippen molar-refractivity contribution in [2.75, 3.05) is 26.2 Å². The fourth-order valence-corrected chi connectivity index (χ4v) is 5.73. The molecule has 2 aromatic carbocycles. The molecule has 3 aliphatic rings. The van der Waals surface area contributed by atoms with Gasteiger partial charge in [0, 0.05) is 43.9 Å². The molecule has 0 aromatic heterocycles. The maximum Gasteiger partial charge on any atom is 0.255 e. The van der Waals surface area contributed by atoms with Crippen LogP contribution in [0.3, 0.4) is 0 Å². The Morgan fingerprint density at radius 1 is 0.794 bits per heavy atom. The predicted molar refractivity (Wildman–Crippen MR) is 135 cm³/mol. The largest absolute Gasteiger partial charge is 0.334 e. The Hall–Kier alpha value is -2.66. The van der Waals surface area contributed by atoms with Crippen LogP contribution in [0, 0.1) is 0 Å². The first-order chi connectivity index (χ1) is 16.3. The van der Waals surface area contributed by atoms with E-state index in [1.54, 1.807) is 0 Å². The van der Waals surface area contributed by atoms with Gasteiger partial charge in [-0.15, -0.1) is 0 Å². The van der Waals surface area contributed by atoms with Crippen LogP contribution in [0.4, 0.5) is 0 Å². The second-order valence-electron chi connectivity index (χ2n) is 11.2. The maximum atomic E-state index is 13.4. The van der Waals surface area contributed by atoms with Gasteiger partial charge in [0.05, 0.1) is 6.17 Å². The van der Waals surface area contributed by atoms with Crippen molar-refractivity contribution in [1.29, 1.82) is 0 Å². The van der Waals surface area contributed by atoms with E-state index in [0.29, 0.717) is 13.1 Å². The van der Waals surface area contributed by atoms with Crippen LogP contribution in [0.1, 0.15) is 83.9 Å². The van der Waals surface area contributed by atoms with Crippen LogP contribution in [0.5, 0.6) is 0 Å². The summed E-state index contributed by atoms with van der Waals surface area (Å²) in [6.45, 7) is 10.9. The highest BCUT2D eigenvalue weighted by Gasteiger charge is 2.35. The quantitative estimate of drug-likeness (QED) is 0.660. The maximum absolute atomic E-state index is 13.4. The standard InChI is InChI=1S/C29H37N3O2/c1-29(2,3)25-12-10-21(11-13-25)27(33)31-18-14-22-19-23(8-9-24(22)20-31)28(34)32-17-6-7-26(32)30-15-4-5-16-30/h8-13,19,26H,4-7,14-18,20H2,1-3H3. The van der Waals surface area contributed by atoms with Gasteiger partial charge in [-0.25, -0.2) is 0 Å². The minimum absolute atomic E-state index is 0.0738. The van der Waals surface area contributed by atoms with Gasteiger partial charge >= 0.3 is 0 Å². The van der Waals surface area contributed by atoms with Crippen molar-refractivity contribution < 1.29 is 9.59 Å². The second kappa shape index (κ2) is 9.18. The van der Waals surface area contributed by atoms with E-state index < -0.39 is 0 Å². The lowest BCUT2D eigenvalue weighted by Crippen LogP contribution is -2.46. The minimum atomic E-state index is 0.0738. The van der Waals surface area contributed by atoms with Gasteiger partial charge in [0.1, 0.15) is 0 Å². The molecular formula is C29H37N3O2. The van der Waals surface area contributed by atoms with E-state index in [0.717, 1.165) is 55.6 Å². The Kier molecular flexibility index (Phi) is 6.24. The van der Waals surface area contributed by atoms with Gasteiger partial charge < -0.3 is 9.80 Å². The fraction of sp³-hybridized carbons (Fsp3) is 0.517. The summed E-state index contributed by atoms with van der Waals surface area (Å²) < 4.78 is 0. The van der Waals surface area contributed by atoms with Gasteiger partial charge in [-0.3, -0.25) is 14.5 Å². The minimum Gasteiger partial charge on any atom is -0.334 e. The Morgan fingerprint density at radius 3 is 2.21 bits per heavy atom. The summed E-state index contributed by atoms with van der Waals surface area (Å²) >= 11 is 0. The smallest absolute Gasteiger partial charge is 0.255 e. The van der Waals surface area contributed by atoms with Crippen molar-refractivity contribution in [3.8, 4) is 0 Å². The lowest BCUT2D eigenvalue weighted by molar-refractivity contribution is 0.0530. The van der Waals surface area contributed by atoms with Crippen LogP contribution in [0.25, 0.3) is 0 Å². The molecule has 0 saturated carbocycles. The second-order valence-corrected chi connectivity index (χ2v) is 11.2. The van der Waals surface area contributed by atoms with Crippen LogP contribution in [0.15, 0.2) is 42.5 Å². The number of carbonyl (C=O) groups is 2. The molecule has 2 amide bonds. The molecule has 3 aliphatic heterocycles. The number of likely N-dealkylation sites (tertiary alicyclic amines) is 2. The van der Waals surface area contributed by atoms with Crippen LogP contribution < -0.4 is 0 Å². The average molecular weight is 460 g/mol. The van der Waals surface area contributed by atoms with E-state index in [1.165, 1.54) is 24.0 Å². The first-order valence-corrected chi connectivity index (χ1v) is 12.9. The highest BCUT2D eigenvalue weighted by Crippen LogP contribution is 2.28. The Labute approximate surface area is 203 Å². The van der Waals surface area contributed by atoms with Crippen molar-refractivity contribution >= 4 is 11.8 Å². The summed E-state index contributed by atoms with van der Waals surface area (Å²) in [6.07, 6.45) is 5.72. The Morgan fingerprint density at radius 2 is 1.50 bits per heavy atom. The molecule has 34 heavy (non-hydrogen) atoms. The lowest BCUT2D eigenvalue weighted by Gasteiger charge is -2.33. The van der Waals surface area contributed by atoms with Gasteiger partial charge in [-0.05, 0) is 78.5 Å². The first-order valence-electron chi connectivity index (χ1n) is 12.9. The van der Waals surface area contributed by atoms with E-state index in [-0.39, 0.29) is 23.4 Å². The zero-order chi connectivity index (χ0) is 23.9. The first kappa shape index (κ1) is 23.1. The van der Waals surface area contributed by atoms with Crippen molar-refractivity contribution in [2.45, 2.75) is 71.0 Å². The molecule has 180 valence electrons. The molecule has 2 saturated heterocycles. The van der Waals surface area contributed by atoms with Gasteiger partial charge in [-0.1, -0.05) is 39.0 Å². The molecule has 1 atom stereocenters. The van der Waals surface area contributed by atoms with Gasteiger partial charge in [0.15, 0.2) is 0 Å². The Bertz CT molecular complexity index is 1060. The molecule has 0 spiro atoms. The molecule has 1 unspecified atom stereocenters. The predicted octanol–water partition coefficient (Wildman–Crippen LogP) is 4.84. The SMILES string of the molecule is CC(C)(C)c1ccc(C(=O)N2CCc3cc(C(=O)N4CCCC4N4CCCC4)ccc3C2)cc1. The van der Waals surface area contributed by atoms with Crippen LogP contribution in [-0.2, 0) is 18.4 Å². The van der Waals surface area contributed by atoms with E-state index >= 15 is 0 Å². The van der Waals surface area contributed by atoms with Crippen molar-refractivity contribution in [1.82, 2.24) is 14.7 Å². The number of amides is 2. The normalized spacial score (nSPS) is 21.1. The fourth-order valence-electron chi connectivity index (χ4n) is 5.73.